The van der Waals surface area contributed by atoms with Crippen molar-refractivity contribution in [3.8, 4) is 0 Å². The van der Waals surface area contributed by atoms with Crippen LogP contribution < -0.4 is 5.32 Å². The Labute approximate surface area is 136 Å². The summed E-state index contributed by atoms with van der Waals surface area (Å²) in [6, 6.07) is 11.5. The predicted octanol–water partition coefficient (Wildman–Crippen LogP) is 3.18. The van der Waals surface area contributed by atoms with Gasteiger partial charge < -0.3 is 9.72 Å². The van der Waals surface area contributed by atoms with Crippen LogP contribution in [0, 0.1) is 10.5 Å². The molecule has 2 heterocycles. The molecule has 0 saturated carbocycles. The Hall–Kier alpha value is -1.89. The fourth-order valence-electron chi connectivity index (χ4n) is 2.10. The predicted molar refractivity (Wildman–Crippen MR) is 90.3 cm³/mol. The number of imidazole rings is 1. The first-order valence-electron chi connectivity index (χ1n) is 6.60. The standard InChI is InChI=1S/C16H14IN3O/c1-11-6-7-20-10-14(19-15(20)8-11)9-18-16(21)12-2-4-13(17)5-3-12/h2-8,10H,9H2,1H3,(H,18,21). The summed E-state index contributed by atoms with van der Waals surface area (Å²) in [5, 5.41) is 2.89. The van der Waals surface area contributed by atoms with E-state index in [-0.39, 0.29) is 5.91 Å². The molecule has 106 valence electrons. The second-order valence-corrected chi connectivity index (χ2v) is 6.14. The number of hydrogen-bond acceptors (Lipinski definition) is 2. The SMILES string of the molecule is Cc1ccn2cc(CNC(=O)c3ccc(I)cc3)nc2c1. The van der Waals surface area contributed by atoms with Crippen molar-refractivity contribution in [3.63, 3.8) is 0 Å². The Morgan fingerprint density at radius 1 is 1.29 bits per heavy atom. The van der Waals surface area contributed by atoms with E-state index in [9.17, 15) is 4.79 Å². The minimum absolute atomic E-state index is 0.0837. The number of aryl methyl sites for hydroxylation is 1. The van der Waals surface area contributed by atoms with Gasteiger partial charge >= 0.3 is 0 Å². The molecule has 0 atom stereocenters. The lowest BCUT2D eigenvalue weighted by Gasteiger charge is -2.03. The summed E-state index contributed by atoms with van der Waals surface area (Å²) in [7, 11) is 0. The van der Waals surface area contributed by atoms with Crippen LogP contribution in [0.5, 0.6) is 0 Å². The van der Waals surface area contributed by atoms with Gasteiger partial charge in [0.15, 0.2) is 0 Å². The number of rotatable bonds is 3. The molecule has 21 heavy (non-hydrogen) atoms. The number of hydrogen-bond donors (Lipinski definition) is 1. The third kappa shape index (κ3) is 3.24. The lowest BCUT2D eigenvalue weighted by molar-refractivity contribution is 0.0950. The number of aromatic nitrogens is 2. The maximum absolute atomic E-state index is 12.1. The van der Waals surface area contributed by atoms with Gasteiger partial charge in [-0.2, -0.15) is 0 Å². The van der Waals surface area contributed by atoms with Crippen molar-refractivity contribution in [3.05, 3.63) is 69.2 Å². The summed E-state index contributed by atoms with van der Waals surface area (Å²) in [5.74, 6) is -0.0837. The number of benzene rings is 1. The van der Waals surface area contributed by atoms with Crippen molar-refractivity contribution in [1.29, 1.82) is 0 Å². The summed E-state index contributed by atoms with van der Waals surface area (Å²) >= 11 is 2.22. The number of nitrogens with zero attached hydrogens (tertiary/aromatic N) is 2. The molecule has 0 bridgehead atoms. The van der Waals surface area contributed by atoms with Crippen LogP contribution in [-0.4, -0.2) is 15.3 Å². The molecule has 0 aliphatic carbocycles. The number of pyridine rings is 1. The van der Waals surface area contributed by atoms with Crippen LogP contribution in [0.4, 0.5) is 0 Å². The highest BCUT2D eigenvalue weighted by Crippen LogP contribution is 2.09. The molecule has 0 aliphatic heterocycles. The topological polar surface area (TPSA) is 46.4 Å². The molecule has 3 aromatic rings. The summed E-state index contributed by atoms with van der Waals surface area (Å²) in [4.78, 5) is 16.6. The summed E-state index contributed by atoms with van der Waals surface area (Å²) in [6.07, 6.45) is 3.91. The maximum Gasteiger partial charge on any atom is 0.251 e. The Kier molecular flexibility index (Phi) is 3.92. The summed E-state index contributed by atoms with van der Waals surface area (Å²) in [5.41, 5.74) is 3.57. The summed E-state index contributed by atoms with van der Waals surface area (Å²) in [6.45, 7) is 2.46. The van der Waals surface area contributed by atoms with E-state index in [4.69, 9.17) is 0 Å². The molecular weight excluding hydrogens is 377 g/mol. The average molecular weight is 391 g/mol. The van der Waals surface area contributed by atoms with Crippen LogP contribution in [0.3, 0.4) is 0 Å². The maximum atomic E-state index is 12.1. The zero-order valence-corrected chi connectivity index (χ0v) is 13.7. The van der Waals surface area contributed by atoms with Crippen molar-refractivity contribution in [2.75, 3.05) is 0 Å². The number of halogens is 1. The molecule has 0 saturated heterocycles. The molecule has 3 rings (SSSR count). The van der Waals surface area contributed by atoms with Gasteiger partial charge in [-0.1, -0.05) is 0 Å². The quantitative estimate of drug-likeness (QED) is 0.698. The molecular formula is C16H14IN3O. The van der Waals surface area contributed by atoms with E-state index in [1.165, 1.54) is 5.56 Å². The minimum atomic E-state index is -0.0837. The molecule has 0 spiro atoms. The van der Waals surface area contributed by atoms with Gasteiger partial charge in [-0.15, -0.1) is 0 Å². The van der Waals surface area contributed by atoms with Crippen LogP contribution in [-0.2, 0) is 6.54 Å². The highest BCUT2D eigenvalue weighted by Gasteiger charge is 2.07. The third-order valence-corrected chi connectivity index (χ3v) is 3.92. The van der Waals surface area contributed by atoms with Crippen molar-refractivity contribution < 1.29 is 4.79 Å². The van der Waals surface area contributed by atoms with Gasteiger partial charge in [0.1, 0.15) is 5.65 Å². The van der Waals surface area contributed by atoms with Gasteiger partial charge in [0.05, 0.1) is 12.2 Å². The van der Waals surface area contributed by atoms with E-state index < -0.39 is 0 Å². The largest absolute Gasteiger partial charge is 0.346 e. The first-order valence-corrected chi connectivity index (χ1v) is 7.68. The van der Waals surface area contributed by atoms with Crippen molar-refractivity contribution in [2.45, 2.75) is 13.5 Å². The zero-order valence-electron chi connectivity index (χ0n) is 11.5. The normalized spacial score (nSPS) is 10.8. The number of amides is 1. The average Bonchev–Trinajstić information content (AvgIpc) is 2.87. The van der Waals surface area contributed by atoms with Crippen molar-refractivity contribution in [1.82, 2.24) is 14.7 Å². The lowest BCUT2D eigenvalue weighted by atomic mass is 10.2. The van der Waals surface area contributed by atoms with Gasteiger partial charge in [-0.25, -0.2) is 4.98 Å². The highest BCUT2D eigenvalue weighted by molar-refractivity contribution is 14.1. The van der Waals surface area contributed by atoms with Crippen molar-refractivity contribution in [2.24, 2.45) is 0 Å². The van der Waals surface area contributed by atoms with E-state index in [0.717, 1.165) is 14.9 Å². The Morgan fingerprint density at radius 2 is 2.05 bits per heavy atom. The number of fused-ring (bicyclic) bond motifs is 1. The Morgan fingerprint density at radius 3 is 2.81 bits per heavy atom. The van der Waals surface area contributed by atoms with Gasteiger partial charge in [0.2, 0.25) is 0 Å². The summed E-state index contributed by atoms with van der Waals surface area (Å²) < 4.78 is 3.07. The van der Waals surface area contributed by atoms with Crippen LogP contribution in [0.15, 0.2) is 48.8 Å². The molecule has 4 nitrogen and oxygen atoms in total. The van der Waals surface area contributed by atoms with E-state index in [0.29, 0.717) is 12.1 Å². The van der Waals surface area contributed by atoms with E-state index >= 15 is 0 Å². The van der Waals surface area contributed by atoms with Gasteiger partial charge in [-0.05, 0) is 71.5 Å². The molecule has 0 aliphatic rings. The lowest BCUT2D eigenvalue weighted by Crippen LogP contribution is -2.22. The number of nitrogens with one attached hydrogen (secondary N) is 1. The van der Waals surface area contributed by atoms with Gasteiger partial charge in [0, 0.05) is 21.5 Å². The first-order chi connectivity index (χ1) is 10.1. The Bertz CT molecular complexity index is 793. The molecule has 0 fully saturated rings. The minimum Gasteiger partial charge on any atom is -0.346 e. The van der Waals surface area contributed by atoms with E-state index in [1.807, 2.05) is 60.1 Å². The Balaban J connectivity index is 1.71. The van der Waals surface area contributed by atoms with Gasteiger partial charge in [0.25, 0.3) is 5.91 Å². The monoisotopic (exact) mass is 391 g/mol. The van der Waals surface area contributed by atoms with Crippen LogP contribution in [0.2, 0.25) is 0 Å². The number of carbonyl (C=O) groups excluding carboxylic acids is 1. The second-order valence-electron chi connectivity index (χ2n) is 4.89. The van der Waals surface area contributed by atoms with Gasteiger partial charge in [-0.3, -0.25) is 4.79 Å². The third-order valence-electron chi connectivity index (χ3n) is 3.20. The van der Waals surface area contributed by atoms with Crippen LogP contribution in [0.25, 0.3) is 5.65 Å². The molecule has 5 heteroatoms. The zero-order chi connectivity index (χ0) is 14.8. The molecule has 1 amide bonds. The van der Waals surface area contributed by atoms with E-state index in [2.05, 4.69) is 32.9 Å². The molecule has 2 aromatic heterocycles. The highest BCUT2D eigenvalue weighted by atomic mass is 127. The second kappa shape index (κ2) is 5.85. The fraction of sp³-hybridized carbons (Fsp3) is 0.125. The number of carbonyl (C=O) groups is 1. The molecule has 0 unspecified atom stereocenters. The van der Waals surface area contributed by atoms with Crippen molar-refractivity contribution >= 4 is 34.1 Å². The fourth-order valence-corrected chi connectivity index (χ4v) is 2.46. The van der Waals surface area contributed by atoms with Crippen LogP contribution in [0.1, 0.15) is 21.6 Å². The molecule has 0 radical (unpaired) electrons. The smallest absolute Gasteiger partial charge is 0.251 e. The molecule has 1 aromatic carbocycles. The first kappa shape index (κ1) is 14.1. The van der Waals surface area contributed by atoms with Crippen LogP contribution >= 0.6 is 22.6 Å². The molecule has 1 N–H and O–H groups in total. The van der Waals surface area contributed by atoms with E-state index in [1.54, 1.807) is 0 Å².